The molecule has 84 valence electrons. The molecule has 1 rings (SSSR count). The van der Waals surface area contributed by atoms with Gasteiger partial charge in [0.15, 0.2) is 10.9 Å². The van der Waals surface area contributed by atoms with Gasteiger partial charge in [0.1, 0.15) is 6.33 Å². The highest BCUT2D eigenvalue weighted by atomic mass is 32.1. The van der Waals surface area contributed by atoms with E-state index in [4.69, 9.17) is 17.0 Å². The van der Waals surface area contributed by atoms with Gasteiger partial charge in [-0.25, -0.2) is 0 Å². The van der Waals surface area contributed by atoms with Crippen LogP contribution >= 0.6 is 12.2 Å². The van der Waals surface area contributed by atoms with E-state index in [0.29, 0.717) is 24.8 Å². The van der Waals surface area contributed by atoms with Crippen molar-refractivity contribution in [1.82, 2.24) is 25.4 Å². The van der Waals surface area contributed by atoms with E-state index in [0.717, 1.165) is 5.82 Å². The largest absolute Gasteiger partial charge is 0.383 e. The van der Waals surface area contributed by atoms with Crippen LogP contribution in [0.15, 0.2) is 6.33 Å². The number of rotatable bonds is 5. The van der Waals surface area contributed by atoms with Gasteiger partial charge in [0.05, 0.1) is 13.2 Å². The van der Waals surface area contributed by atoms with Crippen LogP contribution in [0.4, 0.5) is 0 Å². The first-order valence-electron chi connectivity index (χ1n) is 4.57. The fourth-order valence-electron chi connectivity index (χ4n) is 0.956. The Labute approximate surface area is 94.0 Å². The van der Waals surface area contributed by atoms with Crippen LogP contribution in [0.2, 0.25) is 0 Å². The maximum absolute atomic E-state index is 5.05. The van der Waals surface area contributed by atoms with Crippen molar-refractivity contribution >= 4 is 17.3 Å². The molecule has 1 aromatic rings. The average Bonchev–Trinajstić information content (AvgIpc) is 2.61. The molecule has 0 aliphatic heterocycles. The summed E-state index contributed by atoms with van der Waals surface area (Å²) >= 11 is 5.05. The minimum Gasteiger partial charge on any atom is -0.383 e. The lowest BCUT2D eigenvalue weighted by Gasteiger charge is -2.09. The minimum absolute atomic E-state index is 0.565. The van der Waals surface area contributed by atoms with Crippen LogP contribution in [0.25, 0.3) is 0 Å². The molecular formula is C8H15N5OS. The van der Waals surface area contributed by atoms with Crippen molar-refractivity contribution in [3.63, 3.8) is 0 Å². The van der Waals surface area contributed by atoms with E-state index in [1.54, 1.807) is 13.4 Å². The van der Waals surface area contributed by atoms with E-state index in [1.165, 1.54) is 0 Å². The molecule has 1 aromatic heterocycles. The number of hydrogen-bond acceptors (Lipinski definition) is 4. The van der Waals surface area contributed by atoms with Crippen molar-refractivity contribution in [2.24, 2.45) is 7.05 Å². The van der Waals surface area contributed by atoms with Gasteiger partial charge < -0.3 is 19.9 Å². The van der Waals surface area contributed by atoms with Gasteiger partial charge in [0, 0.05) is 20.7 Å². The second-order valence-electron chi connectivity index (χ2n) is 2.96. The summed E-state index contributed by atoms with van der Waals surface area (Å²) in [6, 6.07) is 0. The van der Waals surface area contributed by atoms with Gasteiger partial charge in [-0.2, -0.15) is 0 Å². The van der Waals surface area contributed by atoms with Crippen molar-refractivity contribution in [3.8, 4) is 0 Å². The highest BCUT2D eigenvalue weighted by Crippen LogP contribution is 1.89. The topological polar surface area (TPSA) is 64.0 Å². The summed E-state index contributed by atoms with van der Waals surface area (Å²) < 4.78 is 6.72. The molecule has 0 aromatic carbocycles. The van der Waals surface area contributed by atoms with Crippen LogP contribution in [-0.2, 0) is 18.3 Å². The van der Waals surface area contributed by atoms with Crippen molar-refractivity contribution in [1.29, 1.82) is 0 Å². The van der Waals surface area contributed by atoms with Gasteiger partial charge in [0.25, 0.3) is 0 Å². The van der Waals surface area contributed by atoms with Crippen LogP contribution in [0.3, 0.4) is 0 Å². The van der Waals surface area contributed by atoms with E-state index in [-0.39, 0.29) is 0 Å². The maximum Gasteiger partial charge on any atom is 0.166 e. The zero-order valence-corrected chi connectivity index (χ0v) is 9.67. The molecule has 0 spiro atoms. The van der Waals surface area contributed by atoms with E-state index >= 15 is 0 Å². The number of aryl methyl sites for hydroxylation is 1. The molecule has 0 saturated carbocycles. The third-order valence-electron chi connectivity index (χ3n) is 1.80. The fourth-order valence-corrected chi connectivity index (χ4v) is 1.13. The Hall–Kier alpha value is -1.21. The van der Waals surface area contributed by atoms with Gasteiger partial charge in [-0.05, 0) is 12.2 Å². The third-order valence-corrected chi connectivity index (χ3v) is 2.09. The SMILES string of the molecule is COCCNC(=S)NCc1nncn1C. The summed E-state index contributed by atoms with van der Waals surface area (Å²) in [6.07, 6.45) is 1.65. The Morgan fingerprint density at radius 2 is 2.40 bits per heavy atom. The van der Waals surface area contributed by atoms with Crippen molar-refractivity contribution in [2.45, 2.75) is 6.54 Å². The van der Waals surface area contributed by atoms with Gasteiger partial charge in [0.2, 0.25) is 0 Å². The molecule has 1 heterocycles. The number of nitrogens with one attached hydrogen (secondary N) is 2. The summed E-state index contributed by atoms with van der Waals surface area (Å²) in [7, 11) is 3.54. The number of nitrogens with zero attached hydrogens (tertiary/aromatic N) is 3. The minimum atomic E-state index is 0.565. The second kappa shape index (κ2) is 6.31. The lowest BCUT2D eigenvalue weighted by Crippen LogP contribution is -2.37. The molecule has 0 aliphatic carbocycles. The summed E-state index contributed by atoms with van der Waals surface area (Å²) in [5, 5.41) is 14.3. The average molecular weight is 229 g/mol. The molecule has 0 bridgehead atoms. The standard InChI is InChI=1S/C8H15N5OS/c1-13-6-11-12-7(13)5-10-8(15)9-3-4-14-2/h6H,3-5H2,1-2H3,(H2,9,10,15). The zero-order chi connectivity index (χ0) is 11.1. The number of aromatic nitrogens is 3. The first kappa shape index (κ1) is 11.9. The van der Waals surface area contributed by atoms with E-state index in [2.05, 4.69) is 20.8 Å². The number of thiocarbonyl (C=S) groups is 1. The quantitative estimate of drug-likeness (QED) is 0.520. The molecule has 0 amide bonds. The zero-order valence-electron chi connectivity index (χ0n) is 8.86. The van der Waals surface area contributed by atoms with Crippen molar-refractivity contribution in [3.05, 3.63) is 12.2 Å². The van der Waals surface area contributed by atoms with Gasteiger partial charge >= 0.3 is 0 Å². The van der Waals surface area contributed by atoms with Crippen LogP contribution in [-0.4, -0.2) is 40.1 Å². The molecule has 2 N–H and O–H groups in total. The summed E-state index contributed by atoms with van der Waals surface area (Å²) in [5.41, 5.74) is 0. The Bertz CT molecular complexity index is 314. The van der Waals surface area contributed by atoms with Crippen LogP contribution in [0, 0.1) is 0 Å². The number of hydrogen-bond donors (Lipinski definition) is 2. The molecule has 0 saturated heterocycles. The Morgan fingerprint density at radius 3 is 3.00 bits per heavy atom. The summed E-state index contributed by atoms with van der Waals surface area (Å²) in [5.74, 6) is 0.839. The fraction of sp³-hybridized carbons (Fsp3) is 0.625. The predicted octanol–water partition coefficient (Wildman–Crippen LogP) is -0.574. The Morgan fingerprint density at radius 1 is 1.60 bits per heavy atom. The molecule has 7 heteroatoms. The van der Waals surface area contributed by atoms with E-state index < -0.39 is 0 Å². The molecule has 0 unspecified atom stereocenters. The first-order chi connectivity index (χ1) is 7.24. The van der Waals surface area contributed by atoms with Gasteiger partial charge in [-0.15, -0.1) is 10.2 Å². The summed E-state index contributed by atoms with van der Waals surface area (Å²) in [6.45, 7) is 1.89. The van der Waals surface area contributed by atoms with Gasteiger partial charge in [-0.1, -0.05) is 0 Å². The Kier molecular flexibility index (Phi) is 4.99. The molecule has 0 atom stereocenters. The normalized spacial score (nSPS) is 10.0. The molecule has 0 aliphatic rings. The number of ether oxygens (including phenoxy) is 1. The molecule has 15 heavy (non-hydrogen) atoms. The van der Waals surface area contributed by atoms with E-state index in [1.807, 2.05) is 11.6 Å². The Balaban J connectivity index is 2.20. The molecular weight excluding hydrogens is 214 g/mol. The van der Waals surface area contributed by atoms with Crippen molar-refractivity contribution < 1.29 is 4.74 Å². The summed E-state index contributed by atoms with van der Waals surface area (Å²) in [4.78, 5) is 0. The lowest BCUT2D eigenvalue weighted by molar-refractivity contribution is 0.204. The monoisotopic (exact) mass is 229 g/mol. The highest BCUT2D eigenvalue weighted by molar-refractivity contribution is 7.80. The second-order valence-corrected chi connectivity index (χ2v) is 3.37. The maximum atomic E-state index is 5.05. The number of methoxy groups -OCH3 is 1. The van der Waals surface area contributed by atoms with E-state index in [9.17, 15) is 0 Å². The highest BCUT2D eigenvalue weighted by Gasteiger charge is 2.00. The third kappa shape index (κ3) is 4.22. The van der Waals surface area contributed by atoms with Crippen LogP contribution in [0.5, 0.6) is 0 Å². The van der Waals surface area contributed by atoms with Crippen LogP contribution in [0.1, 0.15) is 5.82 Å². The lowest BCUT2D eigenvalue weighted by atomic mass is 10.6. The van der Waals surface area contributed by atoms with Crippen molar-refractivity contribution in [2.75, 3.05) is 20.3 Å². The molecule has 0 fully saturated rings. The predicted molar refractivity (Wildman–Crippen MR) is 60.3 cm³/mol. The van der Waals surface area contributed by atoms with Crippen LogP contribution < -0.4 is 10.6 Å². The molecule has 6 nitrogen and oxygen atoms in total. The van der Waals surface area contributed by atoms with Gasteiger partial charge in [-0.3, -0.25) is 0 Å². The first-order valence-corrected chi connectivity index (χ1v) is 4.98. The smallest absolute Gasteiger partial charge is 0.166 e. The molecule has 0 radical (unpaired) electrons.